The summed E-state index contributed by atoms with van der Waals surface area (Å²) in [6, 6.07) is 2.53. The van der Waals surface area contributed by atoms with E-state index >= 15 is 0 Å². The number of hydrogen-bond donors (Lipinski definition) is 2. The second-order valence-corrected chi connectivity index (χ2v) is 6.70. The van der Waals surface area contributed by atoms with Gasteiger partial charge in [-0.1, -0.05) is 19.3 Å². The molecule has 2 aliphatic rings. The van der Waals surface area contributed by atoms with Gasteiger partial charge in [0.25, 0.3) is 0 Å². The lowest BCUT2D eigenvalue weighted by molar-refractivity contribution is -0.139. The second-order valence-electron chi connectivity index (χ2n) is 6.70. The van der Waals surface area contributed by atoms with Gasteiger partial charge in [0, 0.05) is 12.2 Å². The molecule has 0 bridgehead atoms. The number of carbonyl (C=O) groups is 2. The summed E-state index contributed by atoms with van der Waals surface area (Å²) in [6.07, 6.45) is 7.54. The summed E-state index contributed by atoms with van der Waals surface area (Å²) in [5.74, 6) is 0.0940. The van der Waals surface area contributed by atoms with Crippen LogP contribution >= 0.6 is 0 Å². The fraction of sp³-hybridized carbons (Fsp3) is 0.579. The molecule has 7 heteroatoms. The fourth-order valence-corrected chi connectivity index (χ4v) is 3.56. The number of urea groups is 1. The summed E-state index contributed by atoms with van der Waals surface area (Å²) >= 11 is 0. The topological polar surface area (TPSA) is 83.8 Å². The molecule has 0 unspecified atom stereocenters. The monoisotopic (exact) mass is 361 g/mol. The molecule has 0 spiro atoms. The predicted octanol–water partition coefficient (Wildman–Crippen LogP) is 2.72. The Balaban J connectivity index is 1.90. The van der Waals surface area contributed by atoms with Crippen LogP contribution < -0.4 is 10.6 Å². The van der Waals surface area contributed by atoms with Gasteiger partial charge in [-0.3, -0.25) is 4.90 Å². The van der Waals surface area contributed by atoms with Crippen molar-refractivity contribution in [3.63, 3.8) is 0 Å². The van der Waals surface area contributed by atoms with E-state index in [2.05, 4.69) is 15.5 Å². The van der Waals surface area contributed by atoms with Gasteiger partial charge >= 0.3 is 12.0 Å². The van der Waals surface area contributed by atoms with Crippen LogP contribution in [0.1, 0.15) is 50.8 Å². The number of likely N-dealkylation sites (tertiary alicyclic amines) is 1. The first-order chi connectivity index (χ1) is 12.7. The number of nitrogens with zero attached hydrogens (tertiary/aromatic N) is 1. The quantitative estimate of drug-likeness (QED) is 0.788. The Kier molecular flexibility index (Phi) is 6.33. The van der Waals surface area contributed by atoms with Gasteiger partial charge in [0.2, 0.25) is 0 Å². The van der Waals surface area contributed by atoms with Gasteiger partial charge in [0.05, 0.1) is 18.4 Å². The highest BCUT2D eigenvalue weighted by molar-refractivity contribution is 5.95. The van der Waals surface area contributed by atoms with Crippen LogP contribution in [0.2, 0.25) is 0 Å². The van der Waals surface area contributed by atoms with Crippen LogP contribution in [-0.4, -0.2) is 43.1 Å². The Morgan fingerprint density at radius 1 is 1.27 bits per heavy atom. The number of amides is 2. The highest BCUT2D eigenvalue weighted by atomic mass is 16.5. The van der Waals surface area contributed by atoms with Crippen LogP contribution in [0.5, 0.6) is 0 Å². The minimum atomic E-state index is -0.637. The third kappa shape index (κ3) is 4.46. The molecule has 1 aromatic heterocycles. The lowest BCUT2D eigenvalue weighted by Crippen LogP contribution is -2.48. The Labute approximate surface area is 153 Å². The number of nitrogens with one attached hydrogen (secondary N) is 2. The molecule has 1 aromatic rings. The molecule has 0 radical (unpaired) electrons. The van der Waals surface area contributed by atoms with Gasteiger partial charge in [-0.2, -0.15) is 0 Å². The zero-order valence-electron chi connectivity index (χ0n) is 15.3. The van der Waals surface area contributed by atoms with Gasteiger partial charge < -0.3 is 19.8 Å². The van der Waals surface area contributed by atoms with Crippen LogP contribution in [0.25, 0.3) is 0 Å². The summed E-state index contributed by atoms with van der Waals surface area (Å²) in [4.78, 5) is 27.2. The summed E-state index contributed by atoms with van der Waals surface area (Å²) in [5, 5.41) is 5.60. The molecule has 0 saturated carbocycles. The average molecular weight is 361 g/mol. The maximum Gasteiger partial charge on any atom is 0.338 e. The summed E-state index contributed by atoms with van der Waals surface area (Å²) in [5.41, 5.74) is 1.03. The van der Waals surface area contributed by atoms with Crippen molar-refractivity contribution in [3.8, 4) is 0 Å². The number of esters is 1. The highest BCUT2D eigenvalue weighted by Gasteiger charge is 2.35. The number of ether oxygens (including phenoxy) is 1. The van der Waals surface area contributed by atoms with E-state index in [-0.39, 0.29) is 12.6 Å². The standard InChI is InChI=1S/C19H27N3O4/c1-2-25-18(23)16-14(13-22-10-6-4-3-5-7-11-22)20-19(24)21-17(16)15-9-8-12-26-15/h8-9,12,17H,2-7,10-11,13H2,1H3,(H2,20,21,24)/t17-/m0/s1. The highest BCUT2D eigenvalue weighted by Crippen LogP contribution is 2.28. The molecule has 3 rings (SSSR count). The van der Waals surface area contributed by atoms with E-state index in [0.717, 1.165) is 25.9 Å². The molecule has 26 heavy (non-hydrogen) atoms. The Bertz CT molecular complexity index is 646. The van der Waals surface area contributed by atoms with Gasteiger partial charge in [-0.05, 0) is 45.0 Å². The molecule has 1 fully saturated rings. The van der Waals surface area contributed by atoms with Crippen LogP contribution in [0.3, 0.4) is 0 Å². The van der Waals surface area contributed by atoms with Gasteiger partial charge in [0.1, 0.15) is 11.8 Å². The van der Waals surface area contributed by atoms with Crippen molar-refractivity contribution in [1.29, 1.82) is 0 Å². The largest absolute Gasteiger partial charge is 0.467 e. The van der Waals surface area contributed by atoms with Gasteiger partial charge in [0.15, 0.2) is 0 Å². The summed E-state index contributed by atoms with van der Waals surface area (Å²) in [6.45, 7) is 4.51. The molecule has 0 aliphatic carbocycles. The first-order valence-corrected chi connectivity index (χ1v) is 9.42. The number of rotatable bonds is 5. The molecular weight excluding hydrogens is 334 g/mol. The van der Waals surface area contributed by atoms with Crippen molar-refractivity contribution >= 4 is 12.0 Å². The van der Waals surface area contributed by atoms with Crippen LogP contribution in [0, 0.1) is 0 Å². The SMILES string of the molecule is CCOC(=O)C1=C(CN2CCCCCCC2)NC(=O)N[C@H]1c1ccco1. The van der Waals surface area contributed by atoms with E-state index in [1.165, 1.54) is 25.5 Å². The first-order valence-electron chi connectivity index (χ1n) is 9.42. The third-order valence-electron chi connectivity index (χ3n) is 4.81. The van der Waals surface area contributed by atoms with E-state index in [1.54, 1.807) is 19.1 Å². The minimum absolute atomic E-state index is 0.276. The van der Waals surface area contributed by atoms with E-state index in [4.69, 9.17) is 9.15 Å². The summed E-state index contributed by atoms with van der Waals surface area (Å²) in [7, 11) is 0. The maximum atomic E-state index is 12.7. The lowest BCUT2D eigenvalue weighted by atomic mass is 9.99. The Morgan fingerprint density at radius 2 is 2.00 bits per heavy atom. The zero-order valence-corrected chi connectivity index (χ0v) is 15.3. The molecule has 7 nitrogen and oxygen atoms in total. The molecule has 142 valence electrons. The molecular formula is C19H27N3O4. The van der Waals surface area contributed by atoms with Crippen molar-refractivity contribution < 1.29 is 18.7 Å². The fourth-order valence-electron chi connectivity index (χ4n) is 3.56. The number of furan rings is 1. The minimum Gasteiger partial charge on any atom is -0.467 e. The molecule has 0 aromatic carbocycles. The van der Waals surface area contributed by atoms with Gasteiger partial charge in [-0.15, -0.1) is 0 Å². The molecule has 1 saturated heterocycles. The molecule has 1 atom stereocenters. The van der Waals surface area contributed by atoms with E-state index in [1.807, 2.05) is 0 Å². The number of hydrogen-bond acceptors (Lipinski definition) is 5. The van der Waals surface area contributed by atoms with Crippen molar-refractivity contribution in [2.45, 2.75) is 45.1 Å². The molecule has 3 heterocycles. The smallest absolute Gasteiger partial charge is 0.338 e. The lowest BCUT2D eigenvalue weighted by Gasteiger charge is -2.31. The van der Waals surface area contributed by atoms with Gasteiger partial charge in [-0.25, -0.2) is 9.59 Å². The Hall–Kier alpha value is -2.28. The molecule has 2 amide bonds. The normalized spacial score (nSPS) is 22.2. The third-order valence-corrected chi connectivity index (χ3v) is 4.81. The second kappa shape index (κ2) is 8.89. The molecule has 2 aliphatic heterocycles. The Morgan fingerprint density at radius 3 is 2.65 bits per heavy atom. The summed E-state index contributed by atoms with van der Waals surface area (Å²) < 4.78 is 10.7. The van der Waals surface area contributed by atoms with Crippen LogP contribution in [0.15, 0.2) is 34.1 Å². The van der Waals surface area contributed by atoms with Crippen molar-refractivity contribution in [2.24, 2.45) is 0 Å². The average Bonchev–Trinajstić information content (AvgIpc) is 3.11. The predicted molar refractivity (Wildman–Crippen MR) is 96.3 cm³/mol. The zero-order chi connectivity index (χ0) is 18.4. The van der Waals surface area contributed by atoms with E-state index in [0.29, 0.717) is 23.6 Å². The first kappa shape index (κ1) is 18.5. The maximum absolute atomic E-state index is 12.7. The van der Waals surface area contributed by atoms with Crippen molar-refractivity contribution in [3.05, 3.63) is 35.4 Å². The van der Waals surface area contributed by atoms with Crippen molar-refractivity contribution in [2.75, 3.05) is 26.2 Å². The van der Waals surface area contributed by atoms with Crippen LogP contribution in [-0.2, 0) is 9.53 Å². The van der Waals surface area contributed by atoms with Crippen LogP contribution in [0.4, 0.5) is 4.79 Å². The molecule has 2 N–H and O–H groups in total. The van der Waals surface area contributed by atoms with E-state index in [9.17, 15) is 9.59 Å². The van der Waals surface area contributed by atoms with E-state index < -0.39 is 12.0 Å². The van der Waals surface area contributed by atoms with Crippen molar-refractivity contribution in [1.82, 2.24) is 15.5 Å². The number of carbonyl (C=O) groups excluding carboxylic acids is 2.